The summed E-state index contributed by atoms with van der Waals surface area (Å²) in [5, 5.41) is 3.52. The van der Waals surface area contributed by atoms with Gasteiger partial charge in [0.2, 0.25) is 0 Å². The summed E-state index contributed by atoms with van der Waals surface area (Å²) in [4.78, 5) is 7.32. The van der Waals surface area contributed by atoms with Crippen molar-refractivity contribution in [2.45, 2.75) is 53.6 Å². The molecule has 0 saturated heterocycles. The van der Waals surface area contributed by atoms with Crippen molar-refractivity contribution in [3.63, 3.8) is 0 Å². The van der Waals surface area contributed by atoms with Crippen LogP contribution in [0.3, 0.4) is 0 Å². The van der Waals surface area contributed by atoms with Crippen molar-refractivity contribution in [2.75, 3.05) is 6.54 Å². The van der Waals surface area contributed by atoms with Crippen LogP contribution in [0, 0.1) is 12.8 Å². The van der Waals surface area contributed by atoms with Gasteiger partial charge in [-0.1, -0.05) is 20.8 Å². The van der Waals surface area contributed by atoms with Gasteiger partial charge in [0, 0.05) is 41.7 Å². The molecule has 0 fully saturated rings. The molecule has 0 unspecified atom stereocenters. The van der Waals surface area contributed by atoms with Gasteiger partial charge < -0.3 is 9.88 Å². The fourth-order valence-corrected chi connectivity index (χ4v) is 3.46. The van der Waals surface area contributed by atoms with E-state index in [1.165, 1.54) is 21.1 Å². The third-order valence-corrected chi connectivity index (χ3v) is 4.63. The first kappa shape index (κ1) is 16.2. The highest BCUT2D eigenvalue weighted by atomic mass is 32.1. The molecule has 2 heterocycles. The standard InChI is InChI=1S/C17H27N3S/c1-5-6-17-19-7-8-20(17)12-15-9-16(21-14(15)4)11-18-10-13(2)3/h7-9,13,18H,5-6,10-12H2,1-4H3. The molecule has 2 aromatic rings. The van der Waals surface area contributed by atoms with Crippen molar-refractivity contribution >= 4 is 11.3 Å². The van der Waals surface area contributed by atoms with Crippen LogP contribution in [-0.4, -0.2) is 16.1 Å². The third kappa shape index (κ3) is 4.68. The smallest absolute Gasteiger partial charge is 0.108 e. The highest BCUT2D eigenvalue weighted by Crippen LogP contribution is 2.23. The van der Waals surface area contributed by atoms with E-state index in [4.69, 9.17) is 0 Å². The second kappa shape index (κ2) is 7.76. The predicted molar refractivity (Wildman–Crippen MR) is 90.9 cm³/mol. The first-order chi connectivity index (χ1) is 10.1. The summed E-state index contributed by atoms with van der Waals surface area (Å²) in [5.74, 6) is 1.90. The zero-order valence-corrected chi connectivity index (χ0v) is 14.5. The monoisotopic (exact) mass is 305 g/mol. The van der Waals surface area contributed by atoms with E-state index in [9.17, 15) is 0 Å². The number of rotatable bonds is 8. The molecule has 0 amide bonds. The van der Waals surface area contributed by atoms with E-state index < -0.39 is 0 Å². The number of aryl methyl sites for hydroxylation is 2. The maximum Gasteiger partial charge on any atom is 0.108 e. The molecular formula is C17H27N3S. The lowest BCUT2D eigenvalue weighted by Crippen LogP contribution is -2.18. The van der Waals surface area contributed by atoms with Crippen molar-refractivity contribution in [2.24, 2.45) is 5.92 Å². The van der Waals surface area contributed by atoms with Crippen molar-refractivity contribution in [3.05, 3.63) is 39.6 Å². The van der Waals surface area contributed by atoms with Crippen LogP contribution in [-0.2, 0) is 19.5 Å². The Morgan fingerprint density at radius 2 is 2.19 bits per heavy atom. The molecule has 0 radical (unpaired) electrons. The summed E-state index contributed by atoms with van der Waals surface area (Å²) in [5.41, 5.74) is 1.43. The van der Waals surface area contributed by atoms with Gasteiger partial charge >= 0.3 is 0 Å². The first-order valence-electron chi connectivity index (χ1n) is 7.89. The highest BCUT2D eigenvalue weighted by Gasteiger charge is 2.08. The molecule has 0 aliphatic rings. The van der Waals surface area contributed by atoms with E-state index in [-0.39, 0.29) is 0 Å². The van der Waals surface area contributed by atoms with Crippen LogP contribution >= 0.6 is 11.3 Å². The van der Waals surface area contributed by atoms with Crippen molar-refractivity contribution in [1.82, 2.24) is 14.9 Å². The third-order valence-electron chi connectivity index (χ3n) is 3.54. The molecular weight excluding hydrogens is 278 g/mol. The first-order valence-corrected chi connectivity index (χ1v) is 8.70. The van der Waals surface area contributed by atoms with E-state index in [0.717, 1.165) is 32.5 Å². The van der Waals surface area contributed by atoms with Crippen LogP contribution in [0.1, 0.15) is 48.3 Å². The number of nitrogens with zero attached hydrogens (tertiary/aromatic N) is 2. The second-order valence-corrected chi connectivity index (χ2v) is 7.38. The minimum atomic E-state index is 0.702. The Hall–Kier alpha value is -1.13. The minimum Gasteiger partial charge on any atom is -0.330 e. The molecule has 2 aromatic heterocycles. The molecule has 0 aliphatic heterocycles. The molecule has 0 aliphatic carbocycles. The summed E-state index contributed by atoms with van der Waals surface area (Å²) >= 11 is 1.91. The molecule has 0 atom stereocenters. The Morgan fingerprint density at radius 1 is 1.38 bits per heavy atom. The number of aromatic nitrogens is 2. The van der Waals surface area contributed by atoms with Crippen LogP contribution in [0.25, 0.3) is 0 Å². The lowest BCUT2D eigenvalue weighted by atomic mass is 10.2. The average molecular weight is 305 g/mol. The summed E-state index contributed by atoms with van der Waals surface area (Å²) in [6, 6.07) is 2.35. The topological polar surface area (TPSA) is 29.9 Å². The maximum absolute atomic E-state index is 4.46. The molecule has 1 N–H and O–H groups in total. The molecule has 0 aromatic carbocycles. The van der Waals surface area contributed by atoms with Gasteiger partial charge in [0.05, 0.1) is 0 Å². The fraction of sp³-hybridized carbons (Fsp3) is 0.588. The van der Waals surface area contributed by atoms with Gasteiger partial charge in [-0.25, -0.2) is 4.98 Å². The van der Waals surface area contributed by atoms with Gasteiger partial charge in [-0.15, -0.1) is 11.3 Å². The summed E-state index contributed by atoms with van der Waals surface area (Å²) in [6.07, 6.45) is 6.21. The molecule has 3 nitrogen and oxygen atoms in total. The molecule has 21 heavy (non-hydrogen) atoms. The van der Waals surface area contributed by atoms with Crippen molar-refractivity contribution in [3.8, 4) is 0 Å². The Bertz CT molecular complexity index is 554. The van der Waals surface area contributed by atoms with Crippen LogP contribution < -0.4 is 5.32 Å². The van der Waals surface area contributed by atoms with Crippen LogP contribution in [0.2, 0.25) is 0 Å². The molecule has 0 spiro atoms. The number of hydrogen-bond acceptors (Lipinski definition) is 3. The van der Waals surface area contributed by atoms with Gasteiger partial charge in [0.1, 0.15) is 5.82 Å². The van der Waals surface area contributed by atoms with E-state index in [1.54, 1.807) is 0 Å². The molecule has 4 heteroatoms. The predicted octanol–water partition coefficient (Wildman–Crippen LogP) is 4.00. The highest BCUT2D eigenvalue weighted by molar-refractivity contribution is 7.12. The van der Waals surface area contributed by atoms with E-state index in [1.807, 2.05) is 17.5 Å². The van der Waals surface area contributed by atoms with Gasteiger partial charge in [0.15, 0.2) is 0 Å². The lowest BCUT2D eigenvalue weighted by molar-refractivity contribution is 0.554. The average Bonchev–Trinajstić information content (AvgIpc) is 2.98. The van der Waals surface area contributed by atoms with Crippen molar-refractivity contribution in [1.29, 1.82) is 0 Å². The van der Waals surface area contributed by atoms with Crippen molar-refractivity contribution < 1.29 is 0 Å². The Labute approximate surface area is 132 Å². The SMILES string of the molecule is CCCc1nccn1Cc1cc(CNCC(C)C)sc1C. The largest absolute Gasteiger partial charge is 0.330 e. The lowest BCUT2D eigenvalue weighted by Gasteiger charge is -2.06. The quantitative estimate of drug-likeness (QED) is 0.799. The Morgan fingerprint density at radius 3 is 2.90 bits per heavy atom. The zero-order chi connectivity index (χ0) is 15.2. The van der Waals surface area contributed by atoms with Gasteiger partial charge in [-0.2, -0.15) is 0 Å². The summed E-state index contributed by atoms with van der Waals surface area (Å²) in [6.45, 7) is 11.9. The minimum absolute atomic E-state index is 0.702. The second-order valence-electron chi connectivity index (χ2n) is 6.04. The number of imidazole rings is 1. The van der Waals surface area contributed by atoms with Gasteiger partial charge in [-0.05, 0) is 37.4 Å². The molecule has 0 bridgehead atoms. The van der Waals surface area contributed by atoms with E-state index >= 15 is 0 Å². The van der Waals surface area contributed by atoms with Crippen LogP contribution in [0.4, 0.5) is 0 Å². The molecule has 0 saturated carbocycles. The summed E-state index contributed by atoms with van der Waals surface area (Å²) < 4.78 is 2.28. The van der Waals surface area contributed by atoms with Gasteiger partial charge in [0.25, 0.3) is 0 Å². The summed E-state index contributed by atoms with van der Waals surface area (Å²) in [7, 11) is 0. The normalized spacial score (nSPS) is 11.5. The number of thiophene rings is 1. The Kier molecular flexibility index (Phi) is 6.00. The van der Waals surface area contributed by atoms with E-state index in [2.05, 4.69) is 54.8 Å². The van der Waals surface area contributed by atoms with Crippen LogP contribution in [0.15, 0.2) is 18.5 Å². The van der Waals surface area contributed by atoms with Crippen LogP contribution in [0.5, 0.6) is 0 Å². The zero-order valence-electron chi connectivity index (χ0n) is 13.6. The molecule has 116 valence electrons. The number of hydrogen-bond donors (Lipinski definition) is 1. The van der Waals surface area contributed by atoms with Gasteiger partial charge in [-0.3, -0.25) is 0 Å². The van der Waals surface area contributed by atoms with E-state index in [0.29, 0.717) is 5.92 Å². The number of nitrogens with one attached hydrogen (secondary N) is 1. The fourth-order valence-electron chi connectivity index (χ4n) is 2.44. The molecule has 2 rings (SSSR count). The maximum atomic E-state index is 4.46. The Balaban J connectivity index is 2.00.